The molecule has 1 N–H and O–H groups in total. The quantitative estimate of drug-likeness (QED) is 0.460. The van der Waals surface area contributed by atoms with Crippen LogP contribution in [0.1, 0.15) is 64.3 Å². The van der Waals surface area contributed by atoms with Crippen molar-refractivity contribution in [2.24, 2.45) is 0 Å². The van der Waals surface area contributed by atoms with E-state index in [9.17, 15) is 23.1 Å². The van der Waals surface area contributed by atoms with Crippen LogP contribution in [0.5, 0.6) is 0 Å². The predicted octanol–water partition coefficient (Wildman–Crippen LogP) is 6.71. The summed E-state index contributed by atoms with van der Waals surface area (Å²) in [4.78, 5) is 15.9. The maximum absolute atomic E-state index is 13.6. The molecule has 0 radical (unpaired) electrons. The van der Waals surface area contributed by atoms with Crippen molar-refractivity contribution in [2.45, 2.75) is 72.6 Å². The van der Waals surface area contributed by atoms with Crippen LogP contribution in [0.3, 0.4) is 0 Å². The van der Waals surface area contributed by atoms with Gasteiger partial charge in [-0.3, -0.25) is 4.98 Å². The van der Waals surface area contributed by atoms with Crippen molar-refractivity contribution in [3.05, 3.63) is 71.6 Å². The number of nitrogens with zero attached hydrogens (tertiary/aromatic N) is 1. The van der Waals surface area contributed by atoms with Gasteiger partial charge in [0.25, 0.3) is 5.60 Å². The minimum atomic E-state index is -5.22. The average molecular weight is 468 g/mol. The zero-order chi connectivity index (χ0) is 25.5. The van der Waals surface area contributed by atoms with Crippen molar-refractivity contribution in [1.82, 2.24) is 4.98 Å². The summed E-state index contributed by atoms with van der Waals surface area (Å²) in [5.41, 5.74) is -2.52. The van der Waals surface area contributed by atoms with E-state index in [2.05, 4.69) is 40.9 Å². The first-order valence-corrected chi connectivity index (χ1v) is 11.3. The van der Waals surface area contributed by atoms with Crippen molar-refractivity contribution >= 4 is 11.5 Å². The van der Waals surface area contributed by atoms with Gasteiger partial charge in [-0.1, -0.05) is 76.6 Å². The fourth-order valence-electron chi connectivity index (χ4n) is 2.84. The van der Waals surface area contributed by atoms with E-state index in [1.54, 1.807) is 6.92 Å². The van der Waals surface area contributed by atoms with Gasteiger partial charge in [-0.25, -0.2) is 4.79 Å². The molecule has 1 heterocycles. The van der Waals surface area contributed by atoms with Crippen molar-refractivity contribution in [1.29, 1.82) is 0 Å². The van der Waals surface area contributed by atoms with E-state index in [1.807, 2.05) is 19.9 Å². The van der Waals surface area contributed by atoms with E-state index in [0.717, 1.165) is 6.42 Å². The Kier molecular flexibility index (Phi) is 14.0. The number of pyridine rings is 1. The van der Waals surface area contributed by atoms with E-state index in [1.165, 1.54) is 43.8 Å². The Labute approximate surface area is 195 Å². The number of alkyl halides is 3. The summed E-state index contributed by atoms with van der Waals surface area (Å²) in [6, 6.07) is 13.3. The highest BCUT2D eigenvalue weighted by atomic mass is 19.4. The Morgan fingerprint density at radius 1 is 1.06 bits per heavy atom. The molecule has 1 atom stereocenters. The third-order valence-corrected chi connectivity index (χ3v) is 4.56. The lowest BCUT2D eigenvalue weighted by Crippen LogP contribution is -2.54. The maximum Gasteiger partial charge on any atom is 0.432 e. The standard InChI is InChI=1S/C16H20F3NO3.C8H10.C2H6/c1-4-6-9-13(12-8-7-10-20-11(12)3)15(22,16(17,18)19)14(21)23-5-2;1-2-8-6-4-3-5-7-8;1-2/h7-10,22H,4-6H2,1-3H3;3-7H,2H2,1H3;1-2H3/b13-9+;;. The summed E-state index contributed by atoms with van der Waals surface area (Å²) in [5, 5.41) is 10.3. The highest BCUT2D eigenvalue weighted by molar-refractivity contribution is 5.97. The summed E-state index contributed by atoms with van der Waals surface area (Å²) in [6.07, 6.45) is -0.620. The number of halogens is 3. The van der Waals surface area contributed by atoms with Gasteiger partial charge in [-0.15, -0.1) is 0 Å². The normalized spacial score (nSPS) is 13.0. The number of benzene rings is 1. The molecule has 0 spiro atoms. The fourth-order valence-corrected chi connectivity index (χ4v) is 2.84. The Bertz CT molecular complexity index is 851. The Balaban J connectivity index is 0.000000849. The lowest BCUT2D eigenvalue weighted by molar-refractivity contribution is -0.242. The van der Waals surface area contributed by atoms with Crippen molar-refractivity contribution in [3.8, 4) is 0 Å². The van der Waals surface area contributed by atoms with Gasteiger partial charge >= 0.3 is 12.1 Å². The monoisotopic (exact) mass is 467 g/mol. The van der Waals surface area contributed by atoms with Gasteiger partial charge in [0, 0.05) is 23.0 Å². The molecule has 0 bridgehead atoms. The minimum Gasteiger partial charge on any atom is -0.463 e. The van der Waals surface area contributed by atoms with Crippen molar-refractivity contribution < 1.29 is 27.8 Å². The van der Waals surface area contributed by atoms with Gasteiger partial charge in [0.2, 0.25) is 0 Å². The zero-order valence-corrected chi connectivity index (χ0v) is 20.4. The van der Waals surface area contributed by atoms with Crippen LogP contribution < -0.4 is 0 Å². The molecule has 0 fully saturated rings. The Hall–Kier alpha value is -2.67. The predicted molar refractivity (Wildman–Crippen MR) is 127 cm³/mol. The molecular weight excluding hydrogens is 431 g/mol. The molecule has 1 unspecified atom stereocenters. The molecule has 1 aromatic heterocycles. The van der Waals surface area contributed by atoms with Crippen LogP contribution in [-0.2, 0) is 16.0 Å². The number of hydrogen-bond donors (Lipinski definition) is 1. The van der Waals surface area contributed by atoms with Crippen molar-refractivity contribution in [3.63, 3.8) is 0 Å². The number of carbonyl (C=O) groups excluding carboxylic acids is 1. The second kappa shape index (κ2) is 15.2. The Morgan fingerprint density at radius 2 is 1.67 bits per heavy atom. The Morgan fingerprint density at radius 3 is 2.09 bits per heavy atom. The number of unbranched alkanes of at least 4 members (excludes halogenated alkanes) is 1. The number of aromatic nitrogens is 1. The summed E-state index contributed by atoms with van der Waals surface area (Å²) in [6.45, 7) is 10.6. The summed E-state index contributed by atoms with van der Waals surface area (Å²) in [7, 11) is 0. The molecule has 0 aliphatic carbocycles. The van der Waals surface area contributed by atoms with E-state index in [0.29, 0.717) is 6.42 Å². The smallest absolute Gasteiger partial charge is 0.432 e. The lowest BCUT2D eigenvalue weighted by atomic mass is 9.85. The minimum absolute atomic E-state index is 0.0637. The third-order valence-electron chi connectivity index (χ3n) is 4.56. The van der Waals surface area contributed by atoms with E-state index >= 15 is 0 Å². The summed E-state index contributed by atoms with van der Waals surface area (Å²) in [5.74, 6) is -1.74. The highest BCUT2D eigenvalue weighted by Gasteiger charge is 2.63. The third kappa shape index (κ3) is 8.65. The number of esters is 1. The van der Waals surface area contributed by atoms with Gasteiger partial charge < -0.3 is 9.84 Å². The molecule has 2 aromatic rings. The molecule has 1 aromatic carbocycles. The number of hydrogen-bond acceptors (Lipinski definition) is 4. The summed E-state index contributed by atoms with van der Waals surface area (Å²) < 4.78 is 45.2. The average Bonchev–Trinajstić information content (AvgIpc) is 2.81. The SMILES string of the molecule is CC.CCC/C=C(\c1cccnc1C)C(O)(C(=O)OCC)C(F)(F)F.CCc1ccccc1. The first-order chi connectivity index (χ1) is 15.6. The van der Waals surface area contributed by atoms with Crippen LogP contribution in [0.2, 0.25) is 0 Å². The zero-order valence-electron chi connectivity index (χ0n) is 20.4. The molecule has 0 saturated heterocycles. The van der Waals surface area contributed by atoms with Crippen LogP contribution in [0.25, 0.3) is 5.57 Å². The molecule has 0 saturated carbocycles. The number of rotatable bonds is 7. The second-order valence-electron chi connectivity index (χ2n) is 6.81. The first kappa shape index (κ1) is 30.3. The number of allylic oxidation sites excluding steroid dienone is 1. The molecule has 2 rings (SSSR count). The van der Waals surface area contributed by atoms with Gasteiger partial charge in [0.05, 0.1) is 6.61 Å². The van der Waals surface area contributed by atoms with Crippen LogP contribution in [0, 0.1) is 6.92 Å². The topological polar surface area (TPSA) is 59.4 Å². The van der Waals surface area contributed by atoms with Crippen LogP contribution >= 0.6 is 0 Å². The lowest BCUT2D eigenvalue weighted by Gasteiger charge is -2.31. The largest absolute Gasteiger partial charge is 0.463 e. The molecule has 0 amide bonds. The van der Waals surface area contributed by atoms with Crippen molar-refractivity contribution in [2.75, 3.05) is 6.61 Å². The number of ether oxygens (including phenoxy) is 1. The highest BCUT2D eigenvalue weighted by Crippen LogP contribution is 2.42. The van der Waals surface area contributed by atoms with Crippen LogP contribution in [-0.4, -0.2) is 34.4 Å². The van der Waals surface area contributed by atoms with Gasteiger partial charge in [0.15, 0.2) is 0 Å². The molecular formula is C26H36F3NO3. The van der Waals surface area contributed by atoms with Gasteiger partial charge in [-0.2, -0.15) is 13.2 Å². The first-order valence-electron chi connectivity index (χ1n) is 11.3. The van der Waals surface area contributed by atoms with Crippen LogP contribution in [0.4, 0.5) is 13.2 Å². The molecule has 4 nitrogen and oxygen atoms in total. The van der Waals surface area contributed by atoms with Gasteiger partial charge in [0.1, 0.15) is 0 Å². The van der Waals surface area contributed by atoms with E-state index in [4.69, 9.17) is 0 Å². The maximum atomic E-state index is 13.6. The number of carbonyl (C=O) groups is 1. The molecule has 0 aliphatic rings. The van der Waals surface area contributed by atoms with Crippen LogP contribution in [0.15, 0.2) is 54.7 Å². The number of aliphatic hydroxyl groups is 1. The molecule has 0 aliphatic heterocycles. The van der Waals surface area contributed by atoms with Gasteiger partial charge in [-0.05, 0) is 38.3 Å². The van der Waals surface area contributed by atoms with E-state index in [-0.39, 0.29) is 24.3 Å². The second-order valence-corrected chi connectivity index (χ2v) is 6.81. The molecule has 184 valence electrons. The summed E-state index contributed by atoms with van der Waals surface area (Å²) >= 11 is 0. The van der Waals surface area contributed by atoms with E-state index < -0.39 is 23.3 Å². The number of aryl methyl sites for hydroxylation is 2. The fraction of sp³-hybridized carbons (Fsp3) is 0.462. The molecule has 33 heavy (non-hydrogen) atoms. The molecule has 7 heteroatoms.